The van der Waals surface area contributed by atoms with E-state index in [1.165, 1.54) is 0 Å². The third-order valence-corrected chi connectivity index (χ3v) is 6.74. The second-order valence-electron chi connectivity index (χ2n) is 8.25. The standard InChI is InChI=1S/C24H33N5O2S/c1-6-10-27(5)22-17(2)18(3)25-24(26-22)32-16-20-8-7-9-21(15-20)23(31)29-13-11-28(12-14-29)19(4)30/h7-9,15H,6,10-14,16H2,1-5H3. The van der Waals surface area contributed by atoms with Gasteiger partial charge in [-0.15, -0.1) is 0 Å². The van der Waals surface area contributed by atoms with Crippen molar-refractivity contribution in [2.45, 2.75) is 45.0 Å². The second-order valence-corrected chi connectivity index (χ2v) is 9.19. The molecule has 2 heterocycles. The Hall–Kier alpha value is -2.61. The number of hydrogen-bond acceptors (Lipinski definition) is 6. The molecule has 1 aliphatic heterocycles. The Morgan fingerprint density at radius 1 is 1.09 bits per heavy atom. The molecule has 2 amide bonds. The summed E-state index contributed by atoms with van der Waals surface area (Å²) in [6.45, 7) is 11.1. The number of nitrogens with zero attached hydrogens (tertiary/aromatic N) is 5. The molecular formula is C24H33N5O2S. The lowest BCUT2D eigenvalue weighted by Gasteiger charge is -2.34. The molecule has 1 aromatic heterocycles. The highest BCUT2D eigenvalue weighted by Crippen LogP contribution is 2.26. The lowest BCUT2D eigenvalue weighted by molar-refractivity contribution is -0.130. The largest absolute Gasteiger partial charge is 0.359 e. The molecule has 0 spiro atoms. The average Bonchev–Trinajstić information content (AvgIpc) is 2.79. The zero-order valence-corrected chi connectivity index (χ0v) is 20.5. The molecule has 1 saturated heterocycles. The van der Waals surface area contributed by atoms with Crippen LogP contribution in [0.5, 0.6) is 0 Å². The lowest BCUT2D eigenvalue weighted by Crippen LogP contribution is -2.50. The molecule has 2 aromatic rings. The van der Waals surface area contributed by atoms with Crippen molar-refractivity contribution in [2.75, 3.05) is 44.7 Å². The van der Waals surface area contributed by atoms with Gasteiger partial charge in [-0.1, -0.05) is 30.8 Å². The number of piperazine rings is 1. The van der Waals surface area contributed by atoms with Crippen LogP contribution in [-0.4, -0.2) is 71.4 Å². The summed E-state index contributed by atoms with van der Waals surface area (Å²) in [5.41, 5.74) is 3.86. The minimum atomic E-state index is 0.0194. The van der Waals surface area contributed by atoms with Gasteiger partial charge in [0.05, 0.1) is 0 Å². The van der Waals surface area contributed by atoms with Crippen molar-refractivity contribution in [1.82, 2.24) is 19.8 Å². The summed E-state index contributed by atoms with van der Waals surface area (Å²) in [4.78, 5) is 39.7. The SMILES string of the molecule is CCCN(C)c1nc(SCc2cccc(C(=O)N3CCN(C(C)=O)CC3)c2)nc(C)c1C. The summed E-state index contributed by atoms with van der Waals surface area (Å²) < 4.78 is 0. The predicted molar refractivity (Wildman–Crippen MR) is 129 cm³/mol. The van der Waals surface area contributed by atoms with E-state index >= 15 is 0 Å². The van der Waals surface area contributed by atoms with Gasteiger partial charge >= 0.3 is 0 Å². The van der Waals surface area contributed by atoms with Gasteiger partial charge in [-0.2, -0.15) is 0 Å². The lowest BCUT2D eigenvalue weighted by atomic mass is 10.1. The Kier molecular flexibility index (Phi) is 8.12. The second kappa shape index (κ2) is 10.8. The molecule has 7 nitrogen and oxygen atoms in total. The van der Waals surface area contributed by atoms with Crippen LogP contribution >= 0.6 is 11.8 Å². The van der Waals surface area contributed by atoms with Crippen molar-refractivity contribution < 1.29 is 9.59 Å². The van der Waals surface area contributed by atoms with E-state index in [9.17, 15) is 9.59 Å². The van der Waals surface area contributed by atoms with Gasteiger partial charge in [-0.3, -0.25) is 9.59 Å². The van der Waals surface area contributed by atoms with Gasteiger partial charge in [-0.25, -0.2) is 9.97 Å². The minimum Gasteiger partial charge on any atom is -0.359 e. The van der Waals surface area contributed by atoms with Crippen molar-refractivity contribution in [3.8, 4) is 0 Å². The molecule has 0 saturated carbocycles. The zero-order valence-electron chi connectivity index (χ0n) is 19.7. The zero-order chi connectivity index (χ0) is 23.3. The molecule has 3 rings (SSSR count). The predicted octanol–water partition coefficient (Wildman–Crippen LogP) is 3.54. The van der Waals surface area contributed by atoms with Gasteiger partial charge in [0.2, 0.25) is 5.91 Å². The van der Waals surface area contributed by atoms with Crippen LogP contribution in [0.3, 0.4) is 0 Å². The summed E-state index contributed by atoms with van der Waals surface area (Å²) >= 11 is 1.59. The first kappa shape index (κ1) is 24.0. The van der Waals surface area contributed by atoms with E-state index in [1.807, 2.05) is 36.1 Å². The van der Waals surface area contributed by atoms with E-state index in [0.29, 0.717) is 37.5 Å². The van der Waals surface area contributed by atoms with Gasteiger partial charge in [0.25, 0.3) is 5.91 Å². The molecule has 8 heteroatoms. The topological polar surface area (TPSA) is 69.6 Å². The third kappa shape index (κ3) is 5.79. The number of carbonyl (C=O) groups is 2. The third-order valence-electron chi connectivity index (χ3n) is 5.82. The number of anilines is 1. The van der Waals surface area contributed by atoms with Crippen molar-refractivity contribution in [3.63, 3.8) is 0 Å². The number of rotatable bonds is 7. The fourth-order valence-electron chi connectivity index (χ4n) is 3.82. The van der Waals surface area contributed by atoms with Crippen LogP contribution in [-0.2, 0) is 10.5 Å². The van der Waals surface area contributed by atoms with Gasteiger partial charge in [0.15, 0.2) is 5.16 Å². The molecule has 32 heavy (non-hydrogen) atoms. The molecule has 0 aliphatic carbocycles. The molecule has 1 fully saturated rings. The van der Waals surface area contributed by atoms with Crippen LogP contribution in [0.1, 0.15) is 47.4 Å². The number of carbonyl (C=O) groups excluding carboxylic acids is 2. The molecule has 1 aromatic carbocycles. The first-order chi connectivity index (χ1) is 15.3. The van der Waals surface area contributed by atoms with E-state index in [4.69, 9.17) is 4.98 Å². The number of amides is 2. The summed E-state index contributed by atoms with van der Waals surface area (Å²) in [5.74, 6) is 1.76. The van der Waals surface area contributed by atoms with Crippen molar-refractivity contribution in [3.05, 3.63) is 46.6 Å². The first-order valence-corrected chi connectivity index (χ1v) is 12.1. The summed E-state index contributed by atoms with van der Waals surface area (Å²) in [7, 11) is 2.07. The fourth-order valence-corrected chi connectivity index (χ4v) is 4.64. The van der Waals surface area contributed by atoms with Gasteiger partial charge < -0.3 is 14.7 Å². The molecular weight excluding hydrogens is 422 g/mol. The number of aromatic nitrogens is 2. The van der Waals surface area contributed by atoms with E-state index in [-0.39, 0.29) is 11.8 Å². The van der Waals surface area contributed by atoms with Gasteiger partial charge in [0, 0.05) is 69.3 Å². The first-order valence-electron chi connectivity index (χ1n) is 11.1. The Morgan fingerprint density at radius 3 is 2.44 bits per heavy atom. The molecule has 0 radical (unpaired) electrons. The quantitative estimate of drug-likeness (QED) is 0.470. The molecule has 0 unspecified atom stereocenters. The normalized spacial score (nSPS) is 13.9. The van der Waals surface area contributed by atoms with Crippen molar-refractivity contribution in [1.29, 1.82) is 0 Å². The Morgan fingerprint density at radius 2 is 1.78 bits per heavy atom. The van der Waals surface area contributed by atoms with E-state index in [0.717, 1.165) is 40.8 Å². The maximum atomic E-state index is 13.0. The Labute approximate surface area is 195 Å². The molecule has 172 valence electrons. The average molecular weight is 456 g/mol. The molecule has 0 atom stereocenters. The van der Waals surface area contributed by atoms with Crippen LogP contribution in [0, 0.1) is 13.8 Å². The van der Waals surface area contributed by atoms with Crippen molar-refractivity contribution >= 4 is 29.4 Å². The van der Waals surface area contributed by atoms with E-state index in [2.05, 4.69) is 30.8 Å². The number of benzene rings is 1. The fraction of sp³-hybridized carbons (Fsp3) is 0.500. The Bertz CT molecular complexity index is 973. The summed E-state index contributed by atoms with van der Waals surface area (Å²) in [6.07, 6.45) is 1.06. The number of aryl methyl sites for hydroxylation is 1. The van der Waals surface area contributed by atoms with E-state index < -0.39 is 0 Å². The smallest absolute Gasteiger partial charge is 0.253 e. The summed E-state index contributed by atoms with van der Waals surface area (Å²) in [5, 5.41) is 0.753. The van der Waals surface area contributed by atoms with Crippen LogP contribution < -0.4 is 4.90 Å². The monoisotopic (exact) mass is 455 g/mol. The minimum absolute atomic E-state index is 0.0194. The molecule has 0 N–H and O–H groups in total. The Balaban J connectivity index is 1.67. The maximum absolute atomic E-state index is 13.0. The highest BCUT2D eigenvalue weighted by Gasteiger charge is 2.23. The van der Waals surface area contributed by atoms with Crippen LogP contribution in [0.25, 0.3) is 0 Å². The van der Waals surface area contributed by atoms with Crippen LogP contribution in [0.15, 0.2) is 29.4 Å². The highest BCUT2D eigenvalue weighted by molar-refractivity contribution is 7.98. The molecule has 0 bridgehead atoms. The van der Waals surface area contributed by atoms with E-state index in [1.54, 1.807) is 23.6 Å². The molecule has 1 aliphatic rings. The number of hydrogen-bond donors (Lipinski definition) is 0. The van der Waals surface area contributed by atoms with Crippen molar-refractivity contribution in [2.24, 2.45) is 0 Å². The number of thioether (sulfide) groups is 1. The van der Waals surface area contributed by atoms with Crippen LogP contribution in [0.4, 0.5) is 5.82 Å². The summed E-state index contributed by atoms with van der Waals surface area (Å²) in [6, 6.07) is 7.77. The highest BCUT2D eigenvalue weighted by atomic mass is 32.2. The maximum Gasteiger partial charge on any atom is 0.253 e. The van der Waals surface area contributed by atoms with Gasteiger partial charge in [-0.05, 0) is 38.0 Å². The van der Waals surface area contributed by atoms with Gasteiger partial charge in [0.1, 0.15) is 5.82 Å². The van der Waals surface area contributed by atoms with Crippen LogP contribution in [0.2, 0.25) is 0 Å².